The fraction of sp³-hybridized carbons (Fsp3) is 0. The summed E-state index contributed by atoms with van der Waals surface area (Å²) >= 11 is 1.78. The van der Waals surface area contributed by atoms with Crippen molar-refractivity contribution in [2.24, 2.45) is 0 Å². The SMILES string of the molecule is c1ccc(-c2cc3sc4c(-c5ccccc5)nc(-n5c6ccc7ccccc7c6c6c7ccccc7ccc65)nc4c3cc2-c2ccccc2)cc1. The minimum absolute atomic E-state index is 0.671. The van der Waals surface area contributed by atoms with Gasteiger partial charge in [-0.3, -0.25) is 4.57 Å². The van der Waals surface area contributed by atoms with Crippen LogP contribution in [0.15, 0.2) is 176 Å². The van der Waals surface area contributed by atoms with Crippen LogP contribution < -0.4 is 0 Å². The molecule has 0 aliphatic heterocycles. The predicted molar refractivity (Wildman–Crippen MR) is 221 cm³/mol. The van der Waals surface area contributed by atoms with Gasteiger partial charge in [0.05, 0.1) is 26.9 Å². The fourth-order valence-corrected chi connectivity index (χ4v) is 9.22. The Labute approximate surface area is 303 Å². The molecule has 0 unspecified atom stereocenters. The van der Waals surface area contributed by atoms with E-state index in [-0.39, 0.29) is 0 Å². The molecule has 0 saturated heterocycles. The van der Waals surface area contributed by atoms with Crippen molar-refractivity contribution in [3.8, 4) is 39.5 Å². The van der Waals surface area contributed by atoms with E-state index in [1.807, 2.05) is 0 Å². The zero-order valence-electron chi connectivity index (χ0n) is 28.0. The van der Waals surface area contributed by atoms with Crippen LogP contribution >= 0.6 is 11.3 Å². The standard InChI is InChI=1S/C48H29N3S/c1-4-14-30(15-5-1)37-28-39-42(29-38(37)31-16-6-2-7-17-31)52-47-45(34-20-8-3-9-21-34)49-48(50-46(39)47)51-40-26-24-32-18-10-12-22-35(32)43(40)44-36-23-13-11-19-33(36)25-27-41(44)51/h1-29H. The van der Waals surface area contributed by atoms with E-state index in [0.717, 1.165) is 37.9 Å². The molecule has 0 atom stereocenters. The van der Waals surface area contributed by atoms with Gasteiger partial charge in [0.2, 0.25) is 5.95 Å². The smallest absolute Gasteiger partial charge is 0.235 e. The lowest BCUT2D eigenvalue weighted by Crippen LogP contribution is -2.02. The molecule has 11 aromatic rings. The number of aromatic nitrogens is 3. The number of rotatable bonds is 4. The third kappa shape index (κ3) is 4.38. The Morgan fingerprint density at radius 1 is 0.423 bits per heavy atom. The summed E-state index contributed by atoms with van der Waals surface area (Å²) in [5, 5.41) is 8.48. The molecule has 0 spiro atoms. The summed E-state index contributed by atoms with van der Waals surface area (Å²) in [5.41, 5.74) is 9.96. The molecule has 0 aliphatic rings. The van der Waals surface area contributed by atoms with E-state index < -0.39 is 0 Å². The highest BCUT2D eigenvalue weighted by atomic mass is 32.1. The van der Waals surface area contributed by atoms with E-state index in [4.69, 9.17) is 9.97 Å². The zero-order valence-corrected chi connectivity index (χ0v) is 28.8. The molecule has 0 aliphatic carbocycles. The maximum absolute atomic E-state index is 5.55. The molecule has 0 saturated carbocycles. The summed E-state index contributed by atoms with van der Waals surface area (Å²) in [7, 11) is 0. The van der Waals surface area contributed by atoms with E-state index in [1.165, 1.54) is 59.3 Å². The highest BCUT2D eigenvalue weighted by Crippen LogP contribution is 2.45. The van der Waals surface area contributed by atoms with Crippen LogP contribution in [-0.4, -0.2) is 14.5 Å². The van der Waals surface area contributed by atoms with Crippen LogP contribution in [0.25, 0.3) is 103 Å². The van der Waals surface area contributed by atoms with Gasteiger partial charge in [-0.25, -0.2) is 9.97 Å². The number of hydrogen-bond donors (Lipinski definition) is 0. The number of thiophene rings is 1. The summed E-state index contributed by atoms with van der Waals surface area (Å²) in [5.74, 6) is 0.671. The maximum atomic E-state index is 5.55. The third-order valence-corrected chi connectivity index (χ3v) is 11.6. The van der Waals surface area contributed by atoms with Crippen LogP contribution in [-0.2, 0) is 0 Å². The summed E-state index contributed by atoms with van der Waals surface area (Å²) in [6.07, 6.45) is 0. The third-order valence-electron chi connectivity index (χ3n) is 10.4. The number of hydrogen-bond acceptors (Lipinski definition) is 3. The minimum atomic E-state index is 0.671. The molecule has 0 N–H and O–H groups in total. The number of nitrogens with zero attached hydrogens (tertiary/aromatic N) is 3. The first-order valence-electron chi connectivity index (χ1n) is 17.6. The molecule has 0 amide bonds. The Bertz CT molecular complexity index is 3070. The Morgan fingerprint density at radius 2 is 0.923 bits per heavy atom. The highest BCUT2D eigenvalue weighted by Gasteiger charge is 2.23. The molecule has 3 heterocycles. The van der Waals surface area contributed by atoms with Crippen molar-refractivity contribution in [2.45, 2.75) is 0 Å². The molecular formula is C48H29N3S. The zero-order chi connectivity index (χ0) is 34.2. The first-order valence-corrected chi connectivity index (χ1v) is 18.4. The van der Waals surface area contributed by atoms with Gasteiger partial charge in [-0.2, -0.15) is 0 Å². The van der Waals surface area contributed by atoms with Crippen LogP contribution in [0.4, 0.5) is 0 Å². The average Bonchev–Trinajstić information content (AvgIpc) is 3.76. The van der Waals surface area contributed by atoms with E-state index in [1.54, 1.807) is 11.3 Å². The number of benzene rings is 8. The molecule has 11 rings (SSSR count). The van der Waals surface area contributed by atoms with E-state index in [2.05, 4.69) is 180 Å². The second-order valence-electron chi connectivity index (χ2n) is 13.3. The van der Waals surface area contributed by atoms with Crippen molar-refractivity contribution in [2.75, 3.05) is 0 Å². The summed E-state index contributed by atoms with van der Waals surface area (Å²) in [6.45, 7) is 0. The van der Waals surface area contributed by atoms with Gasteiger partial charge in [-0.15, -0.1) is 11.3 Å². The van der Waals surface area contributed by atoms with E-state index >= 15 is 0 Å². The molecular weight excluding hydrogens is 651 g/mol. The summed E-state index contributed by atoms with van der Waals surface area (Å²) in [6, 6.07) is 63.0. The molecule has 52 heavy (non-hydrogen) atoms. The largest absolute Gasteiger partial charge is 0.278 e. The van der Waals surface area contributed by atoms with Crippen LogP contribution in [0, 0.1) is 0 Å². The lowest BCUT2D eigenvalue weighted by Gasteiger charge is -2.12. The van der Waals surface area contributed by atoms with Crippen molar-refractivity contribution in [1.29, 1.82) is 0 Å². The van der Waals surface area contributed by atoms with Gasteiger partial charge in [0.15, 0.2) is 0 Å². The van der Waals surface area contributed by atoms with Crippen molar-refractivity contribution < 1.29 is 0 Å². The molecule has 0 bridgehead atoms. The lowest BCUT2D eigenvalue weighted by atomic mass is 9.93. The second kappa shape index (κ2) is 11.5. The van der Waals surface area contributed by atoms with Gasteiger partial charge in [0.25, 0.3) is 0 Å². The predicted octanol–water partition coefficient (Wildman–Crippen LogP) is 13.2. The Balaban J connectivity index is 1.29. The Morgan fingerprint density at radius 3 is 1.50 bits per heavy atom. The summed E-state index contributed by atoms with van der Waals surface area (Å²) < 4.78 is 4.57. The van der Waals surface area contributed by atoms with Crippen molar-refractivity contribution in [3.63, 3.8) is 0 Å². The van der Waals surface area contributed by atoms with Crippen LogP contribution in [0.2, 0.25) is 0 Å². The topological polar surface area (TPSA) is 30.7 Å². The maximum Gasteiger partial charge on any atom is 0.235 e. The minimum Gasteiger partial charge on any atom is -0.278 e. The molecule has 0 radical (unpaired) electrons. The average molecular weight is 680 g/mol. The van der Waals surface area contributed by atoms with Crippen molar-refractivity contribution >= 4 is 75.0 Å². The quantitative estimate of drug-likeness (QED) is 0.185. The van der Waals surface area contributed by atoms with Crippen LogP contribution in [0.5, 0.6) is 0 Å². The van der Waals surface area contributed by atoms with Gasteiger partial charge in [0, 0.05) is 26.4 Å². The number of fused-ring (bicyclic) bond motifs is 10. The van der Waals surface area contributed by atoms with Crippen molar-refractivity contribution in [1.82, 2.24) is 14.5 Å². The van der Waals surface area contributed by atoms with Crippen molar-refractivity contribution in [3.05, 3.63) is 176 Å². The van der Waals surface area contributed by atoms with Crippen LogP contribution in [0.3, 0.4) is 0 Å². The Hall–Kier alpha value is -6.62. The molecule has 8 aromatic carbocycles. The normalized spacial score (nSPS) is 11.8. The van der Waals surface area contributed by atoms with Gasteiger partial charge < -0.3 is 0 Å². The highest BCUT2D eigenvalue weighted by molar-refractivity contribution is 7.26. The fourth-order valence-electron chi connectivity index (χ4n) is 8.05. The molecule has 3 aromatic heterocycles. The van der Waals surface area contributed by atoms with Gasteiger partial charge in [0.1, 0.15) is 0 Å². The lowest BCUT2D eigenvalue weighted by molar-refractivity contribution is 1.02. The van der Waals surface area contributed by atoms with Gasteiger partial charge >= 0.3 is 0 Å². The van der Waals surface area contributed by atoms with Gasteiger partial charge in [-0.05, 0) is 68.1 Å². The first kappa shape index (κ1) is 29.1. The van der Waals surface area contributed by atoms with Crippen LogP contribution in [0.1, 0.15) is 0 Å². The molecule has 242 valence electrons. The molecule has 0 fully saturated rings. The molecule has 4 heteroatoms. The Kier molecular flexibility index (Phi) is 6.42. The summed E-state index contributed by atoms with van der Waals surface area (Å²) in [4.78, 5) is 11.0. The molecule has 3 nitrogen and oxygen atoms in total. The monoisotopic (exact) mass is 679 g/mol. The first-order chi connectivity index (χ1) is 25.8. The van der Waals surface area contributed by atoms with E-state index in [9.17, 15) is 0 Å². The van der Waals surface area contributed by atoms with E-state index in [0.29, 0.717) is 5.95 Å². The van der Waals surface area contributed by atoms with Gasteiger partial charge in [-0.1, -0.05) is 152 Å². The second-order valence-corrected chi connectivity index (χ2v) is 14.4.